The zero-order chi connectivity index (χ0) is 13.0. The molecule has 0 radical (unpaired) electrons. The van der Waals surface area contributed by atoms with Gasteiger partial charge in [-0.2, -0.15) is 0 Å². The van der Waals surface area contributed by atoms with Crippen LogP contribution in [0.3, 0.4) is 0 Å². The van der Waals surface area contributed by atoms with E-state index in [9.17, 15) is 9.59 Å². The molecular weight excluding hydrogens is 232 g/mol. The number of para-hydroxylation sites is 1. The Morgan fingerprint density at radius 3 is 2.61 bits per heavy atom. The van der Waals surface area contributed by atoms with Gasteiger partial charge in [0, 0.05) is 17.4 Å². The van der Waals surface area contributed by atoms with E-state index in [-0.39, 0.29) is 11.5 Å². The molecule has 0 unspecified atom stereocenters. The highest BCUT2D eigenvalue weighted by atomic mass is 16.2. The fourth-order valence-corrected chi connectivity index (χ4v) is 1.43. The molecular formula is C12H12N4O2. The van der Waals surface area contributed by atoms with E-state index in [1.165, 1.54) is 6.07 Å². The Morgan fingerprint density at radius 1 is 1.22 bits per heavy atom. The second-order valence-corrected chi connectivity index (χ2v) is 3.68. The lowest BCUT2D eigenvalue weighted by molar-refractivity contribution is 0.262. The summed E-state index contributed by atoms with van der Waals surface area (Å²) in [5, 5.41) is 5.07. The number of aryl methyl sites for hydroxylation is 1. The van der Waals surface area contributed by atoms with E-state index in [1.54, 1.807) is 19.1 Å². The van der Waals surface area contributed by atoms with Crippen molar-refractivity contribution in [2.45, 2.75) is 6.92 Å². The Bertz CT molecular complexity index is 607. The second-order valence-electron chi connectivity index (χ2n) is 3.68. The first kappa shape index (κ1) is 11.8. The minimum atomic E-state index is -0.463. The third-order valence-electron chi connectivity index (χ3n) is 2.13. The summed E-state index contributed by atoms with van der Waals surface area (Å²) in [5.41, 5.74) is 0.885. The van der Waals surface area contributed by atoms with E-state index in [1.807, 2.05) is 18.2 Å². The summed E-state index contributed by atoms with van der Waals surface area (Å²) >= 11 is 0. The molecule has 1 aromatic carbocycles. The van der Waals surface area contributed by atoms with Gasteiger partial charge in [0.2, 0.25) is 5.95 Å². The van der Waals surface area contributed by atoms with Crippen molar-refractivity contribution < 1.29 is 4.79 Å². The van der Waals surface area contributed by atoms with Gasteiger partial charge in [0.15, 0.2) is 0 Å². The maximum absolute atomic E-state index is 11.6. The quantitative estimate of drug-likeness (QED) is 0.751. The highest BCUT2D eigenvalue weighted by Gasteiger charge is 2.04. The molecule has 2 aromatic rings. The molecule has 92 valence electrons. The summed E-state index contributed by atoms with van der Waals surface area (Å²) in [7, 11) is 0. The van der Waals surface area contributed by atoms with E-state index < -0.39 is 6.03 Å². The van der Waals surface area contributed by atoms with Gasteiger partial charge in [0.1, 0.15) is 0 Å². The topological polar surface area (TPSA) is 86.9 Å². The maximum Gasteiger partial charge on any atom is 0.326 e. The number of anilines is 2. The molecule has 1 heterocycles. The van der Waals surface area contributed by atoms with E-state index in [0.29, 0.717) is 11.4 Å². The molecule has 6 nitrogen and oxygen atoms in total. The van der Waals surface area contributed by atoms with Crippen LogP contribution in [-0.4, -0.2) is 16.0 Å². The van der Waals surface area contributed by atoms with Crippen LogP contribution in [0.1, 0.15) is 5.69 Å². The number of amides is 2. The normalized spacial score (nSPS) is 9.83. The van der Waals surface area contributed by atoms with Gasteiger partial charge in [0.25, 0.3) is 5.56 Å². The monoisotopic (exact) mass is 244 g/mol. The summed E-state index contributed by atoms with van der Waals surface area (Å²) in [6, 6.07) is 9.86. The third kappa shape index (κ3) is 3.18. The van der Waals surface area contributed by atoms with E-state index >= 15 is 0 Å². The summed E-state index contributed by atoms with van der Waals surface area (Å²) in [6.45, 7) is 1.68. The number of nitrogens with one attached hydrogen (secondary N) is 3. The van der Waals surface area contributed by atoms with Crippen LogP contribution in [0.2, 0.25) is 0 Å². The molecule has 1 aromatic heterocycles. The van der Waals surface area contributed by atoms with E-state index in [0.717, 1.165) is 0 Å². The highest BCUT2D eigenvalue weighted by molar-refractivity contribution is 5.98. The van der Waals surface area contributed by atoms with Crippen LogP contribution in [0.15, 0.2) is 41.2 Å². The van der Waals surface area contributed by atoms with Crippen molar-refractivity contribution >= 4 is 17.7 Å². The van der Waals surface area contributed by atoms with Crippen LogP contribution >= 0.6 is 0 Å². The predicted molar refractivity (Wildman–Crippen MR) is 68.7 cm³/mol. The van der Waals surface area contributed by atoms with Crippen molar-refractivity contribution in [3.8, 4) is 0 Å². The largest absolute Gasteiger partial charge is 0.326 e. The zero-order valence-corrected chi connectivity index (χ0v) is 9.73. The Kier molecular flexibility index (Phi) is 3.38. The number of carbonyl (C=O) groups excluding carboxylic acids is 1. The number of benzene rings is 1. The summed E-state index contributed by atoms with van der Waals surface area (Å²) in [5.74, 6) is 0.119. The molecule has 0 atom stereocenters. The van der Waals surface area contributed by atoms with Crippen molar-refractivity contribution in [2.24, 2.45) is 0 Å². The number of H-pyrrole nitrogens is 1. The van der Waals surface area contributed by atoms with E-state index in [2.05, 4.69) is 20.6 Å². The smallest absolute Gasteiger partial charge is 0.308 e. The van der Waals surface area contributed by atoms with Gasteiger partial charge < -0.3 is 5.32 Å². The van der Waals surface area contributed by atoms with Crippen LogP contribution in [0.25, 0.3) is 0 Å². The third-order valence-corrected chi connectivity index (χ3v) is 2.13. The molecule has 0 aliphatic heterocycles. The van der Waals surface area contributed by atoms with Crippen LogP contribution in [-0.2, 0) is 0 Å². The van der Waals surface area contributed by atoms with Crippen LogP contribution in [0, 0.1) is 6.92 Å². The van der Waals surface area contributed by atoms with Crippen LogP contribution in [0.4, 0.5) is 16.4 Å². The first-order chi connectivity index (χ1) is 8.63. The first-order valence-electron chi connectivity index (χ1n) is 5.34. The van der Waals surface area contributed by atoms with Gasteiger partial charge in [-0.3, -0.25) is 15.1 Å². The van der Waals surface area contributed by atoms with Gasteiger partial charge >= 0.3 is 6.03 Å². The number of nitrogens with zero attached hydrogens (tertiary/aromatic N) is 1. The Balaban J connectivity index is 2.05. The minimum absolute atomic E-state index is 0.119. The molecule has 3 N–H and O–H groups in total. The van der Waals surface area contributed by atoms with Crippen LogP contribution in [0.5, 0.6) is 0 Å². The molecule has 2 amide bonds. The van der Waals surface area contributed by atoms with Crippen molar-refractivity contribution in [1.82, 2.24) is 9.97 Å². The molecule has 0 fully saturated rings. The summed E-state index contributed by atoms with van der Waals surface area (Å²) in [6.07, 6.45) is 0. The van der Waals surface area contributed by atoms with Gasteiger partial charge in [-0.15, -0.1) is 0 Å². The van der Waals surface area contributed by atoms with Gasteiger partial charge in [-0.25, -0.2) is 9.78 Å². The first-order valence-corrected chi connectivity index (χ1v) is 5.34. The van der Waals surface area contributed by atoms with Crippen molar-refractivity contribution in [2.75, 3.05) is 10.6 Å². The highest BCUT2D eigenvalue weighted by Crippen LogP contribution is 2.05. The van der Waals surface area contributed by atoms with Crippen LogP contribution < -0.4 is 16.2 Å². The number of aromatic nitrogens is 2. The second kappa shape index (κ2) is 5.13. The SMILES string of the molecule is Cc1cc(=O)[nH]c(NC(=O)Nc2ccccc2)n1. The van der Waals surface area contributed by atoms with Crippen molar-refractivity contribution in [3.05, 3.63) is 52.4 Å². The number of rotatable bonds is 2. The molecule has 0 saturated carbocycles. The number of carbonyl (C=O) groups is 1. The molecule has 0 aliphatic rings. The number of urea groups is 1. The fourth-order valence-electron chi connectivity index (χ4n) is 1.43. The lowest BCUT2D eigenvalue weighted by Gasteiger charge is -2.06. The molecule has 6 heteroatoms. The summed E-state index contributed by atoms with van der Waals surface area (Å²) < 4.78 is 0. The lowest BCUT2D eigenvalue weighted by Crippen LogP contribution is -2.23. The lowest BCUT2D eigenvalue weighted by atomic mass is 10.3. The molecule has 0 bridgehead atoms. The maximum atomic E-state index is 11.6. The Morgan fingerprint density at radius 2 is 1.94 bits per heavy atom. The molecule has 18 heavy (non-hydrogen) atoms. The van der Waals surface area contributed by atoms with E-state index in [4.69, 9.17) is 0 Å². The molecule has 2 rings (SSSR count). The Labute approximate surface area is 103 Å². The average molecular weight is 244 g/mol. The molecule has 0 saturated heterocycles. The summed E-state index contributed by atoms with van der Waals surface area (Å²) in [4.78, 5) is 29.2. The molecule has 0 spiro atoms. The zero-order valence-electron chi connectivity index (χ0n) is 9.73. The predicted octanol–water partition coefficient (Wildman–Crippen LogP) is 1.72. The van der Waals surface area contributed by atoms with Crippen molar-refractivity contribution in [3.63, 3.8) is 0 Å². The minimum Gasteiger partial charge on any atom is -0.308 e. The average Bonchev–Trinajstić information content (AvgIpc) is 2.28. The number of aromatic amines is 1. The molecule has 0 aliphatic carbocycles. The standard InChI is InChI=1S/C12H12N4O2/c1-8-7-10(17)15-11(13-8)16-12(18)14-9-5-3-2-4-6-9/h2-7H,1H3,(H3,13,14,15,16,17,18). The van der Waals surface area contributed by atoms with Crippen molar-refractivity contribution in [1.29, 1.82) is 0 Å². The fraction of sp³-hybridized carbons (Fsp3) is 0.0833. The van der Waals surface area contributed by atoms with Gasteiger partial charge in [0.05, 0.1) is 0 Å². The number of hydrogen-bond acceptors (Lipinski definition) is 3. The number of hydrogen-bond donors (Lipinski definition) is 3. The van der Waals surface area contributed by atoms with Gasteiger partial charge in [-0.1, -0.05) is 18.2 Å². The van der Waals surface area contributed by atoms with Gasteiger partial charge in [-0.05, 0) is 19.1 Å². The Hall–Kier alpha value is -2.63.